The number of nitrogens with one attached hydrogen (secondary N) is 1. The van der Waals surface area contributed by atoms with Gasteiger partial charge in [0.2, 0.25) is 10.0 Å². The van der Waals surface area contributed by atoms with Gasteiger partial charge in [-0.3, -0.25) is 24.7 Å². The summed E-state index contributed by atoms with van der Waals surface area (Å²) in [6.07, 6.45) is 8.56. The van der Waals surface area contributed by atoms with Crippen molar-refractivity contribution in [3.63, 3.8) is 0 Å². The number of benzene rings is 1. The maximum Gasteiger partial charge on any atom is 0.243 e. The molecule has 0 aliphatic carbocycles. The van der Waals surface area contributed by atoms with Crippen LogP contribution in [0.15, 0.2) is 78.6 Å². The van der Waals surface area contributed by atoms with Crippen molar-refractivity contribution in [1.29, 1.82) is 0 Å². The molecular weight excluding hydrogens is 448 g/mol. The second-order valence-electron chi connectivity index (χ2n) is 8.41. The first-order valence-corrected chi connectivity index (χ1v) is 12.4. The van der Waals surface area contributed by atoms with Crippen molar-refractivity contribution in [3.8, 4) is 22.3 Å². The van der Waals surface area contributed by atoms with Crippen molar-refractivity contribution in [3.05, 3.63) is 73.4 Å². The Morgan fingerprint density at radius 2 is 1.71 bits per heavy atom. The van der Waals surface area contributed by atoms with Crippen LogP contribution in [0.5, 0.6) is 0 Å². The molecule has 0 fully saturated rings. The molecule has 34 heavy (non-hydrogen) atoms. The van der Waals surface area contributed by atoms with Gasteiger partial charge in [-0.05, 0) is 66.9 Å². The largest absolute Gasteiger partial charge is 0.296 e. The number of rotatable bonds is 5. The van der Waals surface area contributed by atoms with Gasteiger partial charge in [0.15, 0.2) is 0 Å². The molecule has 0 spiro atoms. The summed E-state index contributed by atoms with van der Waals surface area (Å²) in [4.78, 5) is 12.9. The summed E-state index contributed by atoms with van der Waals surface area (Å²) in [5, 5.41) is 6.24. The number of hydrazone groups is 1. The lowest BCUT2D eigenvalue weighted by atomic mass is 9.98. The van der Waals surface area contributed by atoms with Crippen LogP contribution < -0.4 is 4.72 Å². The maximum absolute atomic E-state index is 13.1. The quantitative estimate of drug-likeness (QED) is 0.468. The summed E-state index contributed by atoms with van der Waals surface area (Å²) in [5.41, 5.74) is 5.66. The highest BCUT2D eigenvalue weighted by Crippen LogP contribution is 2.32. The minimum Gasteiger partial charge on any atom is -0.296 e. The predicted octanol–water partition coefficient (Wildman–Crippen LogP) is 4.18. The van der Waals surface area contributed by atoms with Crippen LogP contribution in [0.1, 0.15) is 13.8 Å². The summed E-state index contributed by atoms with van der Waals surface area (Å²) in [6, 6.07) is 13.4. The molecule has 0 amide bonds. The molecule has 1 N–H and O–H groups in total. The molecular formula is C25H24N6O2S. The molecule has 0 radical (unpaired) electrons. The van der Waals surface area contributed by atoms with Gasteiger partial charge in [0, 0.05) is 42.8 Å². The Kier molecular flexibility index (Phi) is 5.49. The Hall–Kier alpha value is -3.85. The van der Waals surface area contributed by atoms with Gasteiger partial charge in [-0.1, -0.05) is 6.07 Å². The molecule has 2 unspecified atom stereocenters. The fourth-order valence-electron chi connectivity index (χ4n) is 4.42. The summed E-state index contributed by atoms with van der Waals surface area (Å²) < 4.78 is 29.0. The van der Waals surface area contributed by atoms with Crippen LogP contribution in [-0.2, 0) is 10.0 Å². The van der Waals surface area contributed by atoms with Gasteiger partial charge in [0.1, 0.15) is 5.25 Å². The number of anilines is 1. The third-order valence-corrected chi connectivity index (χ3v) is 8.08. The molecule has 1 aliphatic heterocycles. The SMILES string of the molecule is CC1=NN(C)C(C)C1S(=O)(=O)Nc1cncc(-c2ccc3nccc(-c4ccncc4)c3c2)c1. The number of hydrogen-bond donors (Lipinski definition) is 1. The Bertz CT molecular complexity index is 1500. The summed E-state index contributed by atoms with van der Waals surface area (Å²) in [5.74, 6) is 0. The Morgan fingerprint density at radius 1 is 0.912 bits per heavy atom. The molecule has 0 bridgehead atoms. The van der Waals surface area contributed by atoms with Crippen molar-refractivity contribution in [2.24, 2.45) is 5.10 Å². The first-order valence-electron chi connectivity index (χ1n) is 10.9. The van der Waals surface area contributed by atoms with Gasteiger partial charge in [-0.2, -0.15) is 5.10 Å². The van der Waals surface area contributed by atoms with Crippen LogP contribution in [0.25, 0.3) is 33.2 Å². The molecule has 1 aliphatic rings. The van der Waals surface area contributed by atoms with E-state index in [1.807, 2.05) is 37.3 Å². The molecule has 8 nitrogen and oxygen atoms in total. The molecule has 3 aromatic heterocycles. The first kappa shape index (κ1) is 22.0. The van der Waals surface area contributed by atoms with Crippen LogP contribution >= 0.6 is 0 Å². The molecule has 0 saturated heterocycles. The van der Waals surface area contributed by atoms with Gasteiger partial charge in [-0.25, -0.2) is 8.42 Å². The van der Waals surface area contributed by atoms with Crippen molar-refractivity contribution in [2.75, 3.05) is 11.8 Å². The average molecular weight is 473 g/mol. The van der Waals surface area contributed by atoms with Crippen molar-refractivity contribution >= 4 is 32.3 Å². The van der Waals surface area contributed by atoms with Gasteiger partial charge in [0.25, 0.3) is 0 Å². The number of hydrogen-bond acceptors (Lipinski definition) is 7. The summed E-state index contributed by atoms with van der Waals surface area (Å²) in [7, 11) is -1.92. The molecule has 2 atom stereocenters. The Labute approximate surface area is 198 Å². The monoisotopic (exact) mass is 472 g/mol. The summed E-state index contributed by atoms with van der Waals surface area (Å²) in [6.45, 7) is 3.59. The summed E-state index contributed by atoms with van der Waals surface area (Å²) >= 11 is 0. The maximum atomic E-state index is 13.1. The minimum absolute atomic E-state index is 0.256. The van der Waals surface area contributed by atoms with E-state index in [4.69, 9.17) is 0 Å². The first-order chi connectivity index (χ1) is 16.3. The lowest BCUT2D eigenvalue weighted by molar-refractivity contribution is 0.304. The van der Waals surface area contributed by atoms with E-state index in [-0.39, 0.29) is 6.04 Å². The van der Waals surface area contributed by atoms with Crippen LogP contribution in [0.4, 0.5) is 5.69 Å². The number of sulfonamides is 1. The third-order valence-electron chi connectivity index (χ3n) is 6.15. The van der Waals surface area contributed by atoms with E-state index < -0.39 is 15.3 Å². The lowest BCUT2D eigenvalue weighted by Crippen LogP contribution is -2.41. The van der Waals surface area contributed by atoms with Crippen LogP contribution in [0, 0.1) is 0 Å². The fraction of sp³-hybridized carbons (Fsp3) is 0.200. The third kappa shape index (κ3) is 3.99. The van der Waals surface area contributed by atoms with Gasteiger partial charge in [0.05, 0.1) is 29.2 Å². The van der Waals surface area contributed by atoms with Gasteiger partial charge in [-0.15, -0.1) is 0 Å². The normalized spacial score (nSPS) is 18.2. The van der Waals surface area contributed by atoms with E-state index in [1.54, 1.807) is 49.8 Å². The number of pyridine rings is 3. The van der Waals surface area contributed by atoms with Crippen molar-refractivity contribution < 1.29 is 8.42 Å². The molecule has 5 rings (SSSR count). The highest BCUT2D eigenvalue weighted by Gasteiger charge is 2.40. The minimum atomic E-state index is -3.70. The Morgan fingerprint density at radius 3 is 2.44 bits per heavy atom. The van der Waals surface area contributed by atoms with E-state index in [9.17, 15) is 8.42 Å². The van der Waals surface area contributed by atoms with Crippen LogP contribution in [0.3, 0.4) is 0 Å². The van der Waals surface area contributed by atoms with Gasteiger partial charge < -0.3 is 0 Å². The highest BCUT2D eigenvalue weighted by molar-refractivity contribution is 7.94. The van der Waals surface area contributed by atoms with E-state index >= 15 is 0 Å². The van der Waals surface area contributed by atoms with Crippen molar-refractivity contribution in [2.45, 2.75) is 25.1 Å². The standard InChI is InChI=1S/C25H24N6O2S/c1-16-25(17(2)31(3)29-16)34(32,33)30-21-12-20(14-27-15-21)19-4-5-24-23(13-19)22(8-11-28-24)18-6-9-26-10-7-18/h4-15,17,25,30H,1-3H3. The van der Waals surface area contributed by atoms with Gasteiger partial charge >= 0.3 is 0 Å². The molecule has 172 valence electrons. The number of fused-ring (bicyclic) bond motifs is 1. The van der Waals surface area contributed by atoms with E-state index in [1.165, 1.54) is 6.20 Å². The average Bonchev–Trinajstić information content (AvgIpc) is 3.10. The smallest absolute Gasteiger partial charge is 0.243 e. The topological polar surface area (TPSA) is 100 Å². The van der Waals surface area contributed by atoms with E-state index in [2.05, 4.69) is 30.8 Å². The predicted molar refractivity (Wildman–Crippen MR) is 135 cm³/mol. The second-order valence-corrected chi connectivity index (χ2v) is 10.2. The molecule has 4 heterocycles. The fourth-order valence-corrected chi connectivity index (χ4v) is 6.17. The van der Waals surface area contributed by atoms with E-state index in [0.29, 0.717) is 11.4 Å². The van der Waals surface area contributed by atoms with Crippen LogP contribution in [0.2, 0.25) is 0 Å². The zero-order valence-electron chi connectivity index (χ0n) is 19.0. The van der Waals surface area contributed by atoms with Crippen molar-refractivity contribution in [1.82, 2.24) is 20.0 Å². The lowest BCUT2D eigenvalue weighted by Gasteiger charge is -2.21. The number of aromatic nitrogens is 3. The zero-order valence-corrected chi connectivity index (χ0v) is 19.9. The second kappa shape index (κ2) is 8.49. The molecule has 1 aromatic carbocycles. The van der Waals surface area contributed by atoms with Crippen LogP contribution in [-0.4, -0.2) is 52.4 Å². The molecule has 0 saturated carbocycles. The highest BCUT2D eigenvalue weighted by atomic mass is 32.2. The molecule has 4 aromatic rings. The zero-order chi connectivity index (χ0) is 23.9. The Balaban J connectivity index is 1.50. The number of nitrogens with zero attached hydrogens (tertiary/aromatic N) is 5. The molecule has 9 heteroatoms. The van der Waals surface area contributed by atoms with E-state index in [0.717, 1.165) is 33.2 Å².